The van der Waals surface area contributed by atoms with Crippen LogP contribution in [0.15, 0.2) is 64.6 Å². The lowest BCUT2D eigenvalue weighted by Gasteiger charge is -2.34. The average Bonchev–Trinajstić information content (AvgIpc) is 3.24. The van der Waals surface area contributed by atoms with E-state index in [1.807, 2.05) is 36.6 Å². The van der Waals surface area contributed by atoms with E-state index in [1.165, 1.54) is 16.1 Å². The van der Waals surface area contributed by atoms with E-state index in [0.29, 0.717) is 37.5 Å². The molecule has 2 heterocycles. The molecule has 4 rings (SSSR count). The number of amides is 1. The van der Waals surface area contributed by atoms with Crippen LogP contribution in [0.5, 0.6) is 0 Å². The molecule has 1 aromatic heterocycles. The van der Waals surface area contributed by atoms with Gasteiger partial charge in [0, 0.05) is 39.1 Å². The molecule has 0 N–H and O–H groups in total. The van der Waals surface area contributed by atoms with Gasteiger partial charge in [-0.05, 0) is 31.5 Å². The van der Waals surface area contributed by atoms with Crippen LogP contribution in [0.3, 0.4) is 0 Å². The van der Waals surface area contributed by atoms with Gasteiger partial charge in [-0.2, -0.15) is 4.31 Å². The lowest BCUT2D eigenvalue weighted by Crippen LogP contribution is -2.50. The van der Waals surface area contributed by atoms with Crippen LogP contribution in [0.2, 0.25) is 0 Å². The van der Waals surface area contributed by atoms with E-state index in [4.69, 9.17) is 0 Å². The second-order valence-corrected chi connectivity index (χ2v) is 11.1. The third-order valence-electron chi connectivity index (χ3n) is 5.89. The third kappa shape index (κ3) is 5.51. The first-order chi connectivity index (χ1) is 16.4. The fourth-order valence-corrected chi connectivity index (χ4v) is 6.25. The minimum absolute atomic E-state index is 0.0207. The number of piperazine rings is 1. The van der Waals surface area contributed by atoms with Gasteiger partial charge < -0.3 is 9.47 Å². The van der Waals surface area contributed by atoms with E-state index < -0.39 is 10.0 Å². The molecule has 1 fully saturated rings. The van der Waals surface area contributed by atoms with Crippen LogP contribution in [0.4, 0.5) is 0 Å². The van der Waals surface area contributed by atoms with Crippen molar-refractivity contribution in [1.29, 1.82) is 0 Å². The number of benzene rings is 2. The first-order valence-corrected chi connectivity index (χ1v) is 13.7. The summed E-state index contributed by atoms with van der Waals surface area (Å²) in [7, 11) is -3.55. The number of aromatic nitrogens is 3. The van der Waals surface area contributed by atoms with E-state index in [0.717, 1.165) is 28.7 Å². The van der Waals surface area contributed by atoms with Gasteiger partial charge in [-0.1, -0.05) is 59.8 Å². The number of hydrogen-bond donors (Lipinski definition) is 0. The molecule has 0 bridgehead atoms. The number of nitrogens with zero attached hydrogens (tertiary/aromatic N) is 5. The monoisotopic (exact) mass is 499 g/mol. The molecule has 2 aromatic carbocycles. The summed E-state index contributed by atoms with van der Waals surface area (Å²) in [5, 5.41) is 9.36. The topological polar surface area (TPSA) is 88.4 Å². The second kappa shape index (κ2) is 10.7. The standard InChI is InChI=1S/C24H29N5O3S2/c1-3-29-22(17-20-7-5-4-6-8-20)25-26-24(29)33-18-23(30)27-13-15-28(16-14-27)34(31,32)21-11-9-19(2)10-12-21/h4-12H,3,13-18H2,1-2H3. The maximum atomic E-state index is 12.9. The minimum atomic E-state index is -3.55. The van der Waals surface area contributed by atoms with E-state index in [2.05, 4.69) is 22.3 Å². The summed E-state index contributed by atoms with van der Waals surface area (Å²) < 4.78 is 29.3. The molecule has 0 spiro atoms. The normalized spacial score (nSPS) is 14.9. The van der Waals surface area contributed by atoms with Crippen LogP contribution in [0, 0.1) is 6.92 Å². The fourth-order valence-electron chi connectivity index (χ4n) is 3.91. The number of rotatable bonds is 8. The number of thioether (sulfide) groups is 1. The number of carbonyl (C=O) groups is 1. The zero-order valence-electron chi connectivity index (χ0n) is 19.4. The summed E-state index contributed by atoms with van der Waals surface area (Å²) in [5.74, 6) is 1.10. The van der Waals surface area contributed by atoms with Crippen LogP contribution >= 0.6 is 11.8 Å². The predicted molar refractivity (Wildman–Crippen MR) is 132 cm³/mol. The molecule has 8 nitrogen and oxygen atoms in total. The van der Waals surface area contributed by atoms with Crippen molar-refractivity contribution in [2.45, 2.75) is 36.9 Å². The Morgan fingerprint density at radius 1 is 0.971 bits per heavy atom. The highest BCUT2D eigenvalue weighted by atomic mass is 32.2. The number of carbonyl (C=O) groups excluding carboxylic acids is 1. The minimum Gasteiger partial charge on any atom is -0.339 e. The number of aryl methyl sites for hydroxylation is 1. The predicted octanol–water partition coefficient (Wildman–Crippen LogP) is 2.82. The van der Waals surface area contributed by atoms with Crippen molar-refractivity contribution in [2.75, 3.05) is 31.9 Å². The van der Waals surface area contributed by atoms with E-state index in [9.17, 15) is 13.2 Å². The van der Waals surface area contributed by atoms with Gasteiger partial charge >= 0.3 is 0 Å². The van der Waals surface area contributed by atoms with Gasteiger partial charge in [0.1, 0.15) is 5.82 Å². The van der Waals surface area contributed by atoms with Crippen molar-refractivity contribution in [1.82, 2.24) is 24.0 Å². The zero-order chi connectivity index (χ0) is 24.1. The molecular formula is C24H29N5O3S2. The first kappa shape index (κ1) is 24.4. The lowest BCUT2D eigenvalue weighted by molar-refractivity contribution is -0.129. The molecule has 180 valence electrons. The Bertz CT molecular complexity index is 1220. The van der Waals surface area contributed by atoms with Gasteiger partial charge in [0.25, 0.3) is 0 Å². The highest BCUT2D eigenvalue weighted by Gasteiger charge is 2.30. The molecule has 34 heavy (non-hydrogen) atoms. The Balaban J connectivity index is 1.32. The summed E-state index contributed by atoms with van der Waals surface area (Å²) in [6.45, 7) is 6.02. The average molecular weight is 500 g/mol. The maximum Gasteiger partial charge on any atom is 0.243 e. The molecule has 0 aliphatic carbocycles. The molecular weight excluding hydrogens is 470 g/mol. The van der Waals surface area contributed by atoms with Crippen molar-refractivity contribution < 1.29 is 13.2 Å². The highest BCUT2D eigenvalue weighted by Crippen LogP contribution is 2.21. The summed E-state index contributed by atoms with van der Waals surface area (Å²) in [6.07, 6.45) is 0.688. The zero-order valence-corrected chi connectivity index (χ0v) is 21.1. The van der Waals surface area contributed by atoms with E-state index in [1.54, 1.807) is 29.2 Å². The largest absolute Gasteiger partial charge is 0.339 e. The molecule has 1 saturated heterocycles. The first-order valence-electron chi connectivity index (χ1n) is 11.3. The number of hydrogen-bond acceptors (Lipinski definition) is 6. The summed E-state index contributed by atoms with van der Waals surface area (Å²) in [5.41, 5.74) is 2.17. The summed E-state index contributed by atoms with van der Waals surface area (Å²) in [6, 6.07) is 17.0. The smallest absolute Gasteiger partial charge is 0.243 e. The highest BCUT2D eigenvalue weighted by molar-refractivity contribution is 7.99. The van der Waals surface area contributed by atoms with Crippen LogP contribution in [0.1, 0.15) is 23.9 Å². The van der Waals surface area contributed by atoms with Gasteiger partial charge in [0.05, 0.1) is 10.6 Å². The van der Waals surface area contributed by atoms with Crippen molar-refractivity contribution in [3.8, 4) is 0 Å². The Morgan fingerprint density at radius 2 is 1.65 bits per heavy atom. The quantitative estimate of drug-likeness (QED) is 0.443. The maximum absolute atomic E-state index is 12.9. The number of sulfonamides is 1. The van der Waals surface area contributed by atoms with Crippen LogP contribution in [-0.2, 0) is 27.8 Å². The molecule has 0 radical (unpaired) electrons. The molecule has 0 atom stereocenters. The summed E-state index contributed by atoms with van der Waals surface area (Å²) >= 11 is 1.38. The Hall–Kier alpha value is -2.69. The van der Waals surface area contributed by atoms with Gasteiger partial charge in [0.15, 0.2) is 5.16 Å². The molecule has 1 amide bonds. The molecule has 0 saturated carbocycles. The Labute approximate surface area is 205 Å². The van der Waals surface area contributed by atoms with Crippen molar-refractivity contribution in [2.24, 2.45) is 0 Å². The molecule has 1 aliphatic rings. The van der Waals surface area contributed by atoms with Crippen molar-refractivity contribution in [3.63, 3.8) is 0 Å². The Morgan fingerprint density at radius 3 is 2.29 bits per heavy atom. The van der Waals surface area contributed by atoms with Gasteiger partial charge in [-0.25, -0.2) is 8.42 Å². The van der Waals surface area contributed by atoms with E-state index >= 15 is 0 Å². The fraction of sp³-hybridized carbons (Fsp3) is 0.375. The lowest BCUT2D eigenvalue weighted by atomic mass is 10.1. The summed E-state index contributed by atoms with van der Waals surface area (Å²) in [4.78, 5) is 14.8. The molecule has 0 unspecified atom stereocenters. The van der Waals surface area contributed by atoms with Crippen LogP contribution < -0.4 is 0 Å². The molecule has 10 heteroatoms. The third-order valence-corrected chi connectivity index (χ3v) is 8.75. The van der Waals surface area contributed by atoms with Crippen molar-refractivity contribution in [3.05, 3.63) is 71.5 Å². The van der Waals surface area contributed by atoms with Crippen LogP contribution in [-0.4, -0.2) is 70.2 Å². The van der Waals surface area contributed by atoms with Gasteiger partial charge in [-0.15, -0.1) is 10.2 Å². The second-order valence-electron chi connectivity index (χ2n) is 8.19. The van der Waals surface area contributed by atoms with Gasteiger partial charge in [0.2, 0.25) is 15.9 Å². The van der Waals surface area contributed by atoms with Gasteiger partial charge in [-0.3, -0.25) is 4.79 Å². The van der Waals surface area contributed by atoms with Crippen LogP contribution in [0.25, 0.3) is 0 Å². The Kier molecular flexibility index (Phi) is 7.70. The SMILES string of the molecule is CCn1c(Cc2ccccc2)nnc1SCC(=O)N1CCN(S(=O)(=O)c2ccc(C)cc2)CC1. The van der Waals surface area contributed by atoms with E-state index in [-0.39, 0.29) is 11.7 Å². The van der Waals surface area contributed by atoms with Crippen molar-refractivity contribution >= 4 is 27.7 Å². The molecule has 3 aromatic rings. The molecule has 1 aliphatic heterocycles.